The standard InChI is InChI=1S/C11H12FNO5S/c1-2-8(10(13)14)19(17,18)9-5-6(11(15)16)3-4-7(9)12/h3-5,8H,2H2,1H3,(H2,13,14)(H,15,16). The van der Waals surface area contributed by atoms with E-state index in [-0.39, 0.29) is 12.0 Å². The van der Waals surface area contributed by atoms with Crippen molar-refractivity contribution >= 4 is 21.7 Å². The van der Waals surface area contributed by atoms with E-state index in [1.54, 1.807) is 0 Å². The first-order valence-electron chi connectivity index (χ1n) is 5.27. The third-order valence-electron chi connectivity index (χ3n) is 2.55. The number of aromatic carboxylic acids is 1. The molecule has 0 aliphatic rings. The van der Waals surface area contributed by atoms with Gasteiger partial charge in [0, 0.05) is 0 Å². The number of carbonyl (C=O) groups is 2. The van der Waals surface area contributed by atoms with Crippen LogP contribution in [0.4, 0.5) is 4.39 Å². The Morgan fingerprint density at radius 3 is 2.42 bits per heavy atom. The normalized spacial score (nSPS) is 12.9. The van der Waals surface area contributed by atoms with Gasteiger partial charge in [0.15, 0.2) is 9.84 Å². The summed E-state index contributed by atoms with van der Waals surface area (Å²) < 4.78 is 37.7. The number of hydrogen-bond donors (Lipinski definition) is 2. The lowest BCUT2D eigenvalue weighted by Crippen LogP contribution is -2.35. The molecule has 6 nitrogen and oxygen atoms in total. The molecule has 0 spiro atoms. The van der Waals surface area contributed by atoms with Crippen LogP contribution in [0.25, 0.3) is 0 Å². The molecule has 0 aromatic heterocycles. The summed E-state index contributed by atoms with van der Waals surface area (Å²) in [6.45, 7) is 1.41. The Morgan fingerprint density at radius 2 is 2.00 bits per heavy atom. The quantitative estimate of drug-likeness (QED) is 0.822. The molecule has 0 heterocycles. The predicted octanol–water partition coefficient (Wildman–Crippen LogP) is 0.561. The molecule has 0 saturated heterocycles. The number of carboxylic acids is 1. The van der Waals surface area contributed by atoms with Crippen molar-refractivity contribution in [2.24, 2.45) is 5.73 Å². The van der Waals surface area contributed by atoms with Crippen LogP contribution in [0, 0.1) is 5.82 Å². The molecular formula is C11H12FNO5S. The molecule has 104 valence electrons. The van der Waals surface area contributed by atoms with Crippen LogP contribution in [0.1, 0.15) is 23.7 Å². The number of nitrogens with two attached hydrogens (primary N) is 1. The van der Waals surface area contributed by atoms with E-state index in [1.165, 1.54) is 6.92 Å². The van der Waals surface area contributed by atoms with Crippen LogP contribution in [0.5, 0.6) is 0 Å². The van der Waals surface area contributed by atoms with Gasteiger partial charge in [-0.05, 0) is 24.6 Å². The number of amides is 1. The van der Waals surface area contributed by atoms with E-state index in [1.807, 2.05) is 0 Å². The second kappa shape index (κ2) is 5.35. The van der Waals surface area contributed by atoms with Gasteiger partial charge >= 0.3 is 5.97 Å². The van der Waals surface area contributed by atoms with Crippen molar-refractivity contribution in [1.29, 1.82) is 0 Å². The summed E-state index contributed by atoms with van der Waals surface area (Å²) in [6.07, 6.45) is -0.131. The van der Waals surface area contributed by atoms with Gasteiger partial charge in [0.05, 0.1) is 5.56 Å². The van der Waals surface area contributed by atoms with Gasteiger partial charge < -0.3 is 10.8 Å². The summed E-state index contributed by atoms with van der Waals surface area (Å²) in [6, 6.07) is 2.34. The largest absolute Gasteiger partial charge is 0.478 e. The third-order valence-corrected chi connectivity index (χ3v) is 4.79. The van der Waals surface area contributed by atoms with Crippen molar-refractivity contribution < 1.29 is 27.5 Å². The zero-order valence-corrected chi connectivity index (χ0v) is 10.8. The number of rotatable bonds is 5. The molecule has 1 atom stereocenters. The highest BCUT2D eigenvalue weighted by atomic mass is 32.2. The summed E-state index contributed by atoms with van der Waals surface area (Å²) >= 11 is 0. The lowest BCUT2D eigenvalue weighted by atomic mass is 10.2. The fourth-order valence-corrected chi connectivity index (χ4v) is 3.26. The molecule has 1 aromatic rings. The van der Waals surface area contributed by atoms with Crippen molar-refractivity contribution in [2.45, 2.75) is 23.5 Å². The number of carboxylic acid groups (broad SMARTS) is 1. The predicted molar refractivity (Wildman–Crippen MR) is 63.8 cm³/mol. The van der Waals surface area contributed by atoms with Crippen molar-refractivity contribution in [3.8, 4) is 0 Å². The number of hydrogen-bond acceptors (Lipinski definition) is 4. The van der Waals surface area contributed by atoms with Gasteiger partial charge in [0.2, 0.25) is 5.91 Å². The Kier molecular flexibility index (Phi) is 4.25. The Labute approximate surface area is 109 Å². The number of halogens is 1. The summed E-state index contributed by atoms with van der Waals surface area (Å²) in [4.78, 5) is 21.0. The fraction of sp³-hybridized carbons (Fsp3) is 0.273. The van der Waals surface area contributed by atoms with Crippen molar-refractivity contribution in [3.05, 3.63) is 29.6 Å². The Hall–Kier alpha value is -1.96. The van der Waals surface area contributed by atoms with Gasteiger partial charge in [-0.25, -0.2) is 17.6 Å². The molecule has 3 N–H and O–H groups in total. The van der Waals surface area contributed by atoms with Gasteiger partial charge in [-0.1, -0.05) is 6.92 Å². The Balaban J connectivity index is 3.47. The molecule has 0 radical (unpaired) electrons. The van der Waals surface area contributed by atoms with E-state index in [0.29, 0.717) is 6.07 Å². The molecular weight excluding hydrogens is 277 g/mol. The van der Waals surface area contributed by atoms with Crippen LogP contribution in [0.15, 0.2) is 23.1 Å². The van der Waals surface area contributed by atoms with Gasteiger partial charge in [0.1, 0.15) is 16.0 Å². The van der Waals surface area contributed by atoms with Crippen LogP contribution in [-0.2, 0) is 14.6 Å². The van der Waals surface area contributed by atoms with E-state index in [0.717, 1.165) is 12.1 Å². The van der Waals surface area contributed by atoms with E-state index < -0.39 is 37.7 Å². The lowest BCUT2D eigenvalue weighted by molar-refractivity contribution is -0.117. The molecule has 0 saturated carbocycles. The molecule has 1 rings (SSSR count). The first-order chi connectivity index (χ1) is 8.71. The Bertz CT molecular complexity index is 626. The molecule has 1 unspecified atom stereocenters. The molecule has 0 bridgehead atoms. The lowest BCUT2D eigenvalue weighted by Gasteiger charge is -2.13. The molecule has 0 aliphatic heterocycles. The highest BCUT2D eigenvalue weighted by Crippen LogP contribution is 2.22. The first kappa shape index (κ1) is 15.1. The van der Waals surface area contributed by atoms with E-state index in [4.69, 9.17) is 10.8 Å². The average molecular weight is 289 g/mol. The summed E-state index contributed by atoms with van der Waals surface area (Å²) in [5.41, 5.74) is 4.57. The van der Waals surface area contributed by atoms with Gasteiger partial charge in [-0.3, -0.25) is 4.79 Å². The van der Waals surface area contributed by atoms with Gasteiger partial charge in [0.25, 0.3) is 0 Å². The van der Waals surface area contributed by atoms with Crippen LogP contribution in [-0.4, -0.2) is 30.7 Å². The summed E-state index contributed by atoms with van der Waals surface area (Å²) in [5, 5.41) is 7.17. The van der Waals surface area contributed by atoms with Crippen molar-refractivity contribution in [3.63, 3.8) is 0 Å². The number of primary amides is 1. The summed E-state index contributed by atoms with van der Waals surface area (Å²) in [7, 11) is -4.35. The minimum absolute atomic E-state index is 0.131. The zero-order valence-electron chi connectivity index (χ0n) is 9.96. The number of benzene rings is 1. The van der Waals surface area contributed by atoms with E-state index in [2.05, 4.69) is 0 Å². The number of carbonyl (C=O) groups excluding carboxylic acids is 1. The van der Waals surface area contributed by atoms with E-state index >= 15 is 0 Å². The van der Waals surface area contributed by atoms with Crippen molar-refractivity contribution in [1.82, 2.24) is 0 Å². The molecule has 1 amide bonds. The molecule has 0 fully saturated rings. The molecule has 1 aromatic carbocycles. The van der Waals surface area contributed by atoms with Crippen molar-refractivity contribution in [2.75, 3.05) is 0 Å². The first-order valence-corrected chi connectivity index (χ1v) is 6.82. The fourth-order valence-electron chi connectivity index (χ4n) is 1.58. The van der Waals surface area contributed by atoms with Crippen LogP contribution < -0.4 is 5.73 Å². The highest BCUT2D eigenvalue weighted by Gasteiger charge is 2.33. The van der Waals surface area contributed by atoms with Gasteiger partial charge in [-0.15, -0.1) is 0 Å². The highest BCUT2D eigenvalue weighted by molar-refractivity contribution is 7.92. The monoisotopic (exact) mass is 289 g/mol. The minimum atomic E-state index is -4.35. The second-order valence-corrected chi connectivity index (χ2v) is 5.89. The van der Waals surface area contributed by atoms with Crippen LogP contribution >= 0.6 is 0 Å². The maximum atomic E-state index is 13.6. The van der Waals surface area contributed by atoms with Gasteiger partial charge in [-0.2, -0.15) is 0 Å². The smallest absolute Gasteiger partial charge is 0.335 e. The molecule has 0 aliphatic carbocycles. The topological polar surface area (TPSA) is 115 Å². The Morgan fingerprint density at radius 1 is 1.42 bits per heavy atom. The minimum Gasteiger partial charge on any atom is -0.478 e. The maximum Gasteiger partial charge on any atom is 0.335 e. The second-order valence-electron chi connectivity index (χ2n) is 3.79. The SMILES string of the molecule is CCC(C(N)=O)S(=O)(=O)c1cc(C(=O)O)ccc1F. The van der Waals surface area contributed by atoms with Crippen LogP contribution in [0.3, 0.4) is 0 Å². The maximum absolute atomic E-state index is 13.6. The number of sulfone groups is 1. The molecule has 19 heavy (non-hydrogen) atoms. The molecule has 8 heteroatoms. The third kappa shape index (κ3) is 2.90. The van der Waals surface area contributed by atoms with E-state index in [9.17, 15) is 22.4 Å². The zero-order chi connectivity index (χ0) is 14.8. The summed E-state index contributed by atoms with van der Waals surface area (Å²) in [5.74, 6) is -3.63. The van der Waals surface area contributed by atoms with Crippen LogP contribution in [0.2, 0.25) is 0 Å². The average Bonchev–Trinajstić information content (AvgIpc) is 2.28.